The summed E-state index contributed by atoms with van der Waals surface area (Å²) in [5, 5.41) is 27.3. The van der Waals surface area contributed by atoms with Gasteiger partial charge in [0.05, 0.1) is 11.7 Å². The minimum absolute atomic E-state index is 0.608. The molecule has 0 radical (unpaired) electrons. The zero-order chi connectivity index (χ0) is 11.8. The van der Waals surface area contributed by atoms with Crippen LogP contribution in [0.5, 0.6) is 11.5 Å². The Kier molecular flexibility index (Phi) is 2.81. The molecule has 1 aromatic rings. The zero-order valence-corrected chi connectivity index (χ0v) is 7.71. The standard InChI is InChI=1S/C9H9F3O3/c1-4(13)7-5(9(10,11)12)2-3-6(14)8(7)15/h2-4,13-15H,1H3. The van der Waals surface area contributed by atoms with Crippen LogP contribution in [0.2, 0.25) is 0 Å². The fraction of sp³-hybridized carbons (Fsp3) is 0.333. The highest BCUT2D eigenvalue weighted by Crippen LogP contribution is 2.42. The van der Waals surface area contributed by atoms with Crippen molar-refractivity contribution in [2.45, 2.75) is 19.2 Å². The first kappa shape index (κ1) is 11.6. The Bertz CT molecular complexity index is 372. The number of rotatable bonds is 1. The van der Waals surface area contributed by atoms with Gasteiger partial charge in [-0.15, -0.1) is 0 Å². The molecular weight excluding hydrogens is 213 g/mol. The molecule has 0 fully saturated rings. The largest absolute Gasteiger partial charge is 0.504 e. The first-order valence-electron chi connectivity index (χ1n) is 4.05. The van der Waals surface area contributed by atoms with Crippen LogP contribution >= 0.6 is 0 Å². The monoisotopic (exact) mass is 222 g/mol. The second kappa shape index (κ2) is 3.62. The quantitative estimate of drug-likeness (QED) is 0.638. The molecule has 0 spiro atoms. The highest BCUT2D eigenvalue weighted by Gasteiger charge is 2.36. The van der Waals surface area contributed by atoms with E-state index < -0.39 is 34.9 Å². The van der Waals surface area contributed by atoms with Crippen molar-refractivity contribution >= 4 is 0 Å². The number of aliphatic hydroxyl groups is 1. The fourth-order valence-electron chi connectivity index (χ4n) is 1.27. The normalized spacial score (nSPS) is 13.9. The van der Waals surface area contributed by atoms with Crippen LogP contribution in [-0.2, 0) is 6.18 Å². The Hall–Kier alpha value is -1.43. The average Bonchev–Trinajstić information content (AvgIpc) is 2.06. The molecule has 0 saturated carbocycles. The van der Waals surface area contributed by atoms with Crippen molar-refractivity contribution < 1.29 is 28.5 Å². The molecular formula is C9H9F3O3. The first-order chi connectivity index (χ1) is 6.75. The summed E-state index contributed by atoms with van der Waals surface area (Å²) in [4.78, 5) is 0. The van der Waals surface area contributed by atoms with Crippen LogP contribution < -0.4 is 0 Å². The molecule has 0 amide bonds. The Morgan fingerprint density at radius 1 is 1.20 bits per heavy atom. The molecule has 1 rings (SSSR count). The van der Waals surface area contributed by atoms with Gasteiger partial charge in [-0.25, -0.2) is 0 Å². The van der Waals surface area contributed by atoms with Gasteiger partial charge in [0, 0.05) is 5.56 Å². The minimum atomic E-state index is -4.68. The number of aromatic hydroxyl groups is 2. The van der Waals surface area contributed by atoms with Gasteiger partial charge >= 0.3 is 6.18 Å². The predicted molar refractivity (Wildman–Crippen MR) is 45.4 cm³/mol. The van der Waals surface area contributed by atoms with Gasteiger partial charge in [-0.1, -0.05) is 0 Å². The van der Waals surface area contributed by atoms with E-state index in [-0.39, 0.29) is 0 Å². The number of phenolic OH excluding ortho intramolecular Hbond substituents is 2. The van der Waals surface area contributed by atoms with Gasteiger partial charge in [-0.2, -0.15) is 13.2 Å². The maximum atomic E-state index is 12.4. The first-order valence-corrected chi connectivity index (χ1v) is 4.05. The molecule has 1 unspecified atom stereocenters. The highest BCUT2D eigenvalue weighted by molar-refractivity contribution is 5.50. The summed E-state index contributed by atoms with van der Waals surface area (Å²) >= 11 is 0. The molecule has 6 heteroatoms. The number of phenols is 2. The molecule has 0 heterocycles. The summed E-state index contributed by atoms with van der Waals surface area (Å²) in [7, 11) is 0. The lowest BCUT2D eigenvalue weighted by Gasteiger charge is -2.16. The van der Waals surface area contributed by atoms with Crippen molar-refractivity contribution in [3.05, 3.63) is 23.3 Å². The minimum Gasteiger partial charge on any atom is -0.504 e. The van der Waals surface area contributed by atoms with E-state index in [0.29, 0.717) is 6.07 Å². The van der Waals surface area contributed by atoms with Crippen molar-refractivity contribution in [2.24, 2.45) is 0 Å². The number of benzene rings is 1. The number of hydrogen-bond donors (Lipinski definition) is 3. The van der Waals surface area contributed by atoms with E-state index in [1.807, 2.05) is 0 Å². The van der Waals surface area contributed by atoms with Crippen LogP contribution in [0, 0.1) is 0 Å². The van der Waals surface area contributed by atoms with E-state index in [4.69, 9.17) is 10.2 Å². The highest BCUT2D eigenvalue weighted by atomic mass is 19.4. The van der Waals surface area contributed by atoms with Crippen LogP contribution in [0.15, 0.2) is 12.1 Å². The smallest absolute Gasteiger partial charge is 0.416 e. The Labute approximate surface area is 83.4 Å². The maximum Gasteiger partial charge on any atom is 0.416 e. The van der Waals surface area contributed by atoms with Gasteiger partial charge in [-0.3, -0.25) is 0 Å². The lowest BCUT2D eigenvalue weighted by Crippen LogP contribution is -2.11. The predicted octanol–water partition coefficient (Wildman–Crippen LogP) is 2.17. The SMILES string of the molecule is CC(O)c1c(C(F)(F)F)ccc(O)c1O. The number of aliphatic hydroxyl groups excluding tert-OH is 1. The number of halogens is 3. The molecule has 3 N–H and O–H groups in total. The van der Waals surface area contributed by atoms with E-state index in [9.17, 15) is 18.3 Å². The summed E-state index contributed by atoms with van der Waals surface area (Å²) in [6.45, 7) is 1.07. The van der Waals surface area contributed by atoms with Gasteiger partial charge in [0.2, 0.25) is 0 Å². The molecule has 0 aromatic heterocycles. The molecule has 0 saturated heterocycles. The van der Waals surface area contributed by atoms with E-state index in [1.54, 1.807) is 0 Å². The Morgan fingerprint density at radius 2 is 1.73 bits per heavy atom. The van der Waals surface area contributed by atoms with Crippen molar-refractivity contribution in [2.75, 3.05) is 0 Å². The summed E-state index contributed by atoms with van der Waals surface area (Å²) in [5.41, 5.74) is -1.88. The lowest BCUT2D eigenvalue weighted by molar-refractivity contribution is -0.139. The molecule has 15 heavy (non-hydrogen) atoms. The van der Waals surface area contributed by atoms with Gasteiger partial charge < -0.3 is 15.3 Å². The van der Waals surface area contributed by atoms with Crippen molar-refractivity contribution in [1.29, 1.82) is 0 Å². The third kappa shape index (κ3) is 2.15. The third-order valence-electron chi connectivity index (χ3n) is 1.92. The van der Waals surface area contributed by atoms with E-state index in [2.05, 4.69) is 0 Å². The number of hydrogen-bond acceptors (Lipinski definition) is 3. The third-order valence-corrected chi connectivity index (χ3v) is 1.92. The summed E-state index contributed by atoms with van der Waals surface area (Å²) in [5.74, 6) is -1.64. The van der Waals surface area contributed by atoms with E-state index >= 15 is 0 Å². The van der Waals surface area contributed by atoms with Crippen molar-refractivity contribution in [3.63, 3.8) is 0 Å². The second-order valence-corrected chi connectivity index (χ2v) is 3.07. The Morgan fingerprint density at radius 3 is 2.13 bits per heavy atom. The van der Waals surface area contributed by atoms with Crippen LogP contribution in [0.4, 0.5) is 13.2 Å². The van der Waals surface area contributed by atoms with Gasteiger partial charge in [0.1, 0.15) is 0 Å². The topological polar surface area (TPSA) is 60.7 Å². The molecule has 0 aliphatic carbocycles. The van der Waals surface area contributed by atoms with Gasteiger partial charge in [0.25, 0.3) is 0 Å². The molecule has 0 aliphatic rings. The van der Waals surface area contributed by atoms with Crippen molar-refractivity contribution in [1.82, 2.24) is 0 Å². The van der Waals surface area contributed by atoms with Crippen LogP contribution in [0.25, 0.3) is 0 Å². The van der Waals surface area contributed by atoms with Crippen LogP contribution in [0.1, 0.15) is 24.2 Å². The summed E-state index contributed by atoms with van der Waals surface area (Å²) in [6.07, 6.45) is -6.20. The molecule has 0 aliphatic heterocycles. The molecule has 0 bridgehead atoms. The second-order valence-electron chi connectivity index (χ2n) is 3.07. The van der Waals surface area contributed by atoms with Gasteiger partial charge in [0.15, 0.2) is 11.5 Å². The van der Waals surface area contributed by atoms with E-state index in [0.717, 1.165) is 13.0 Å². The molecule has 84 valence electrons. The van der Waals surface area contributed by atoms with E-state index in [1.165, 1.54) is 0 Å². The summed E-state index contributed by atoms with van der Waals surface area (Å²) in [6, 6.07) is 1.33. The molecule has 1 aromatic carbocycles. The molecule has 3 nitrogen and oxygen atoms in total. The zero-order valence-electron chi connectivity index (χ0n) is 7.71. The number of alkyl halides is 3. The average molecular weight is 222 g/mol. The maximum absolute atomic E-state index is 12.4. The summed E-state index contributed by atoms with van der Waals surface area (Å²) < 4.78 is 37.2. The lowest BCUT2D eigenvalue weighted by atomic mass is 10.0. The fourth-order valence-corrected chi connectivity index (χ4v) is 1.27. The van der Waals surface area contributed by atoms with Crippen LogP contribution in [-0.4, -0.2) is 15.3 Å². The van der Waals surface area contributed by atoms with Crippen molar-refractivity contribution in [3.8, 4) is 11.5 Å². The van der Waals surface area contributed by atoms with Crippen LogP contribution in [0.3, 0.4) is 0 Å². The Balaban J connectivity index is 3.47. The van der Waals surface area contributed by atoms with Gasteiger partial charge in [-0.05, 0) is 19.1 Å². The molecule has 1 atom stereocenters.